The van der Waals surface area contributed by atoms with Gasteiger partial charge in [0, 0.05) is 18.2 Å². The monoisotopic (exact) mass is 436 g/mol. The van der Waals surface area contributed by atoms with Gasteiger partial charge in [0.2, 0.25) is 0 Å². The highest BCUT2D eigenvalue weighted by atomic mass is 16.5. The molecule has 2 aromatic rings. The molecule has 2 aliphatic rings. The number of ether oxygens (including phenoxy) is 2. The summed E-state index contributed by atoms with van der Waals surface area (Å²) in [7, 11) is 2.46. The standard InChI is InChI=1S/C24H24N2O6/c1-14-12-15-8-4-7-11-18(15)25(14)19(23(29)31-2)13-20(24(30)32-3)26-21(27)16-9-5-6-10-17(16)22(26)28/h4-11,14,19-20H,12-13H2,1-3H3/t14-,19-,20+/m1/s1. The number of amides is 2. The Kier molecular flexibility index (Phi) is 5.69. The van der Waals surface area contributed by atoms with E-state index in [2.05, 4.69) is 0 Å². The van der Waals surface area contributed by atoms with Gasteiger partial charge in [-0.15, -0.1) is 0 Å². The Balaban J connectivity index is 1.73. The summed E-state index contributed by atoms with van der Waals surface area (Å²) < 4.78 is 10.00. The Morgan fingerprint density at radius 2 is 1.44 bits per heavy atom. The molecule has 8 heteroatoms. The van der Waals surface area contributed by atoms with Crippen LogP contribution >= 0.6 is 0 Å². The van der Waals surface area contributed by atoms with Crippen molar-refractivity contribution in [1.29, 1.82) is 0 Å². The zero-order chi connectivity index (χ0) is 23.0. The third-order valence-electron chi connectivity index (χ3n) is 6.13. The number of carbonyl (C=O) groups is 4. The van der Waals surface area contributed by atoms with Crippen LogP contribution in [0.15, 0.2) is 48.5 Å². The molecule has 4 rings (SSSR count). The van der Waals surface area contributed by atoms with Gasteiger partial charge in [-0.2, -0.15) is 0 Å². The van der Waals surface area contributed by atoms with E-state index in [4.69, 9.17) is 9.47 Å². The SMILES string of the molecule is COC(=O)[C@@H](C[C@@H](C(=O)OC)N1C(=O)c2ccccc2C1=O)N1c2ccccc2C[C@H]1C. The molecule has 0 aliphatic carbocycles. The van der Waals surface area contributed by atoms with Gasteiger partial charge in [0.15, 0.2) is 0 Å². The Morgan fingerprint density at radius 3 is 2.03 bits per heavy atom. The van der Waals surface area contributed by atoms with Gasteiger partial charge in [-0.05, 0) is 37.1 Å². The van der Waals surface area contributed by atoms with Crippen LogP contribution in [-0.4, -0.2) is 61.0 Å². The molecule has 0 saturated heterocycles. The van der Waals surface area contributed by atoms with Crippen molar-refractivity contribution >= 4 is 29.4 Å². The van der Waals surface area contributed by atoms with Crippen LogP contribution in [-0.2, 0) is 25.5 Å². The molecule has 8 nitrogen and oxygen atoms in total. The van der Waals surface area contributed by atoms with E-state index in [9.17, 15) is 19.2 Å². The molecule has 2 amide bonds. The van der Waals surface area contributed by atoms with Gasteiger partial charge >= 0.3 is 11.9 Å². The summed E-state index contributed by atoms with van der Waals surface area (Å²) in [6.45, 7) is 1.98. The lowest BCUT2D eigenvalue weighted by Gasteiger charge is -2.35. The fourth-order valence-corrected chi connectivity index (χ4v) is 4.67. The van der Waals surface area contributed by atoms with Crippen molar-refractivity contribution in [2.45, 2.75) is 37.9 Å². The molecule has 2 heterocycles. The first-order valence-corrected chi connectivity index (χ1v) is 10.4. The van der Waals surface area contributed by atoms with Crippen LogP contribution in [0, 0.1) is 0 Å². The molecule has 0 N–H and O–H groups in total. The second kappa shape index (κ2) is 8.45. The molecule has 0 spiro atoms. The molecule has 2 aromatic carbocycles. The van der Waals surface area contributed by atoms with Crippen molar-refractivity contribution in [1.82, 2.24) is 4.90 Å². The second-order valence-electron chi connectivity index (χ2n) is 7.93. The maximum Gasteiger partial charge on any atom is 0.329 e. The van der Waals surface area contributed by atoms with Crippen LogP contribution in [0.1, 0.15) is 39.6 Å². The highest BCUT2D eigenvalue weighted by Gasteiger charge is 2.47. The summed E-state index contributed by atoms with van der Waals surface area (Å²) >= 11 is 0. The van der Waals surface area contributed by atoms with E-state index in [0.29, 0.717) is 0 Å². The predicted octanol–water partition coefficient (Wildman–Crippen LogP) is 2.21. The fourth-order valence-electron chi connectivity index (χ4n) is 4.67. The van der Waals surface area contributed by atoms with E-state index in [1.807, 2.05) is 36.1 Å². The lowest BCUT2D eigenvalue weighted by molar-refractivity contribution is -0.147. The number of hydrogen-bond donors (Lipinski definition) is 0. The van der Waals surface area contributed by atoms with Crippen LogP contribution in [0.25, 0.3) is 0 Å². The van der Waals surface area contributed by atoms with Crippen LogP contribution in [0.2, 0.25) is 0 Å². The van der Waals surface area contributed by atoms with Crippen LogP contribution < -0.4 is 4.90 Å². The van der Waals surface area contributed by atoms with Crippen molar-refractivity contribution in [3.8, 4) is 0 Å². The number of esters is 2. The van der Waals surface area contributed by atoms with E-state index in [0.717, 1.165) is 22.6 Å². The fraction of sp³-hybridized carbons (Fsp3) is 0.333. The molecule has 2 aliphatic heterocycles. The number of para-hydroxylation sites is 1. The Labute approximate surface area is 185 Å². The van der Waals surface area contributed by atoms with Gasteiger partial charge in [0.25, 0.3) is 11.8 Å². The minimum Gasteiger partial charge on any atom is -0.467 e. The highest BCUT2D eigenvalue weighted by Crippen LogP contribution is 2.36. The van der Waals surface area contributed by atoms with Crippen LogP contribution in [0.3, 0.4) is 0 Å². The van der Waals surface area contributed by atoms with Gasteiger partial charge in [-0.1, -0.05) is 30.3 Å². The summed E-state index contributed by atoms with van der Waals surface area (Å²) in [5, 5.41) is 0. The average molecular weight is 436 g/mol. The number of methoxy groups -OCH3 is 2. The molecule has 32 heavy (non-hydrogen) atoms. The van der Waals surface area contributed by atoms with Crippen molar-refractivity contribution < 1.29 is 28.7 Å². The quantitative estimate of drug-likeness (QED) is 0.506. The molecule has 3 atom stereocenters. The first-order valence-electron chi connectivity index (χ1n) is 10.4. The Morgan fingerprint density at radius 1 is 0.906 bits per heavy atom. The minimum absolute atomic E-state index is 0.0445. The first kappa shape index (κ1) is 21.5. The maximum absolute atomic E-state index is 13.0. The summed E-state index contributed by atoms with van der Waals surface area (Å²) in [6, 6.07) is 11.9. The number of imide groups is 1. The smallest absolute Gasteiger partial charge is 0.329 e. The van der Waals surface area contributed by atoms with Crippen molar-refractivity contribution in [2.75, 3.05) is 19.1 Å². The summed E-state index contributed by atoms with van der Waals surface area (Å²) in [4.78, 5) is 54.6. The zero-order valence-electron chi connectivity index (χ0n) is 18.1. The Bertz CT molecular complexity index is 1060. The lowest BCUT2D eigenvalue weighted by atomic mass is 10.0. The molecular formula is C24H24N2O6. The van der Waals surface area contributed by atoms with Crippen LogP contribution in [0.4, 0.5) is 5.69 Å². The van der Waals surface area contributed by atoms with Gasteiger partial charge in [0.1, 0.15) is 12.1 Å². The third-order valence-corrected chi connectivity index (χ3v) is 6.13. The lowest BCUT2D eigenvalue weighted by Crippen LogP contribution is -2.53. The van der Waals surface area contributed by atoms with Gasteiger partial charge < -0.3 is 14.4 Å². The highest BCUT2D eigenvalue weighted by molar-refractivity contribution is 6.22. The van der Waals surface area contributed by atoms with Crippen molar-refractivity contribution in [2.24, 2.45) is 0 Å². The third kappa shape index (κ3) is 3.41. The number of nitrogens with zero attached hydrogens (tertiary/aromatic N) is 2. The largest absolute Gasteiger partial charge is 0.467 e. The van der Waals surface area contributed by atoms with E-state index in [1.165, 1.54) is 14.2 Å². The van der Waals surface area contributed by atoms with E-state index in [-0.39, 0.29) is 23.6 Å². The number of carbonyl (C=O) groups excluding carboxylic acids is 4. The molecule has 0 radical (unpaired) electrons. The Hall–Kier alpha value is -3.68. The minimum atomic E-state index is -1.28. The maximum atomic E-state index is 13.0. The average Bonchev–Trinajstić information content (AvgIpc) is 3.27. The predicted molar refractivity (Wildman–Crippen MR) is 115 cm³/mol. The number of anilines is 1. The van der Waals surface area contributed by atoms with Crippen molar-refractivity contribution in [3.05, 3.63) is 65.2 Å². The number of rotatable bonds is 6. The van der Waals surface area contributed by atoms with Gasteiger partial charge in [-0.3, -0.25) is 14.5 Å². The summed E-state index contributed by atoms with van der Waals surface area (Å²) in [5.74, 6) is -2.49. The van der Waals surface area contributed by atoms with Gasteiger partial charge in [0.05, 0.1) is 25.3 Å². The molecule has 0 saturated carbocycles. The zero-order valence-corrected chi connectivity index (χ0v) is 18.1. The first-order chi connectivity index (χ1) is 15.4. The van der Waals surface area contributed by atoms with Crippen LogP contribution in [0.5, 0.6) is 0 Å². The van der Waals surface area contributed by atoms with Gasteiger partial charge in [-0.25, -0.2) is 9.59 Å². The summed E-state index contributed by atoms with van der Waals surface area (Å²) in [6.07, 6.45) is 0.572. The number of benzene rings is 2. The van der Waals surface area contributed by atoms with E-state index < -0.39 is 35.8 Å². The molecule has 0 fully saturated rings. The van der Waals surface area contributed by atoms with E-state index in [1.54, 1.807) is 24.3 Å². The normalized spacial score (nSPS) is 18.8. The second-order valence-corrected chi connectivity index (χ2v) is 7.93. The number of hydrogen-bond acceptors (Lipinski definition) is 7. The summed E-state index contributed by atoms with van der Waals surface area (Å²) in [5.41, 5.74) is 2.38. The molecule has 0 unspecified atom stereocenters. The molecule has 0 bridgehead atoms. The molecular weight excluding hydrogens is 412 g/mol. The molecule has 166 valence electrons. The van der Waals surface area contributed by atoms with Crippen molar-refractivity contribution in [3.63, 3.8) is 0 Å². The number of fused-ring (bicyclic) bond motifs is 2. The molecule has 0 aromatic heterocycles. The topological polar surface area (TPSA) is 93.2 Å². The van der Waals surface area contributed by atoms with E-state index >= 15 is 0 Å².